The Morgan fingerprint density at radius 1 is 1.53 bits per heavy atom. The van der Waals surface area contributed by atoms with Crippen molar-refractivity contribution in [3.05, 3.63) is 0 Å². The maximum atomic E-state index is 11.8. The Hall–Kier alpha value is -0.650. The quantitative estimate of drug-likeness (QED) is 0.732. The summed E-state index contributed by atoms with van der Waals surface area (Å²) in [6.07, 6.45) is -0.173. The summed E-state index contributed by atoms with van der Waals surface area (Å²) >= 11 is 0. The molecule has 100 valence electrons. The maximum Gasteiger partial charge on any atom is 0.234 e. The zero-order valence-electron chi connectivity index (χ0n) is 11.2. The minimum absolute atomic E-state index is 0.00408. The smallest absolute Gasteiger partial charge is 0.234 e. The number of rotatable bonds is 3. The van der Waals surface area contributed by atoms with Crippen molar-refractivity contribution in [2.24, 2.45) is 0 Å². The van der Waals surface area contributed by atoms with Crippen LogP contribution in [0.3, 0.4) is 0 Å². The Balaban J connectivity index is 2.46. The molecule has 0 aromatic carbocycles. The van der Waals surface area contributed by atoms with Crippen LogP contribution in [0.1, 0.15) is 27.7 Å². The van der Waals surface area contributed by atoms with Crippen molar-refractivity contribution in [3.8, 4) is 0 Å². The molecule has 0 aliphatic carbocycles. The zero-order valence-corrected chi connectivity index (χ0v) is 11.2. The number of morpholine rings is 1. The largest absolute Gasteiger partial charge is 0.394 e. The second kappa shape index (κ2) is 5.80. The van der Waals surface area contributed by atoms with Crippen LogP contribution in [0, 0.1) is 0 Å². The van der Waals surface area contributed by atoms with Gasteiger partial charge in [0.25, 0.3) is 0 Å². The third-order valence-corrected chi connectivity index (χ3v) is 2.70. The van der Waals surface area contributed by atoms with Gasteiger partial charge in [-0.2, -0.15) is 0 Å². The van der Waals surface area contributed by atoms with E-state index in [9.17, 15) is 4.79 Å². The molecule has 1 aliphatic rings. The van der Waals surface area contributed by atoms with Crippen LogP contribution in [0.5, 0.6) is 0 Å². The van der Waals surface area contributed by atoms with E-state index in [-0.39, 0.29) is 30.2 Å². The van der Waals surface area contributed by atoms with E-state index >= 15 is 0 Å². The summed E-state index contributed by atoms with van der Waals surface area (Å²) in [7, 11) is 0. The molecule has 0 aromatic rings. The van der Waals surface area contributed by atoms with Crippen molar-refractivity contribution >= 4 is 5.91 Å². The van der Waals surface area contributed by atoms with Crippen LogP contribution in [-0.4, -0.2) is 59.9 Å². The first-order chi connectivity index (χ1) is 7.81. The first-order valence-electron chi connectivity index (χ1n) is 6.09. The van der Waals surface area contributed by atoms with Crippen molar-refractivity contribution < 1.29 is 14.6 Å². The number of nitrogens with zero attached hydrogens (tertiary/aromatic N) is 1. The maximum absolute atomic E-state index is 11.8. The molecular weight excluding hydrogens is 220 g/mol. The fourth-order valence-electron chi connectivity index (χ4n) is 1.85. The SMILES string of the molecule is CC1COC(CO)CN1CC(=O)NC(C)(C)C. The van der Waals surface area contributed by atoms with Gasteiger partial charge >= 0.3 is 0 Å². The Labute approximate surface area is 103 Å². The molecule has 17 heavy (non-hydrogen) atoms. The molecule has 1 aliphatic heterocycles. The van der Waals surface area contributed by atoms with Crippen LogP contribution < -0.4 is 5.32 Å². The summed E-state index contributed by atoms with van der Waals surface area (Å²) in [5.74, 6) is 0.0166. The van der Waals surface area contributed by atoms with Crippen molar-refractivity contribution in [2.45, 2.75) is 45.4 Å². The van der Waals surface area contributed by atoms with Crippen LogP contribution in [0.15, 0.2) is 0 Å². The van der Waals surface area contributed by atoms with E-state index in [1.165, 1.54) is 0 Å². The second-order valence-corrected chi connectivity index (χ2v) is 5.71. The number of nitrogens with one attached hydrogen (secondary N) is 1. The lowest BCUT2D eigenvalue weighted by Gasteiger charge is -2.37. The Kier molecular flexibility index (Phi) is 4.91. The molecule has 1 fully saturated rings. The highest BCUT2D eigenvalue weighted by Crippen LogP contribution is 2.11. The highest BCUT2D eigenvalue weighted by atomic mass is 16.5. The van der Waals surface area contributed by atoms with Crippen LogP contribution in [0.25, 0.3) is 0 Å². The number of ether oxygens (including phenoxy) is 1. The average Bonchev–Trinajstić information content (AvgIpc) is 2.18. The number of carbonyl (C=O) groups excluding carboxylic acids is 1. The molecule has 0 aromatic heterocycles. The lowest BCUT2D eigenvalue weighted by atomic mass is 10.1. The molecule has 1 heterocycles. The fourth-order valence-corrected chi connectivity index (χ4v) is 1.85. The van der Waals surface area contributed by atoms with Crippen LogP contribution in [-0.2, 0) is 9.53 Å². The van der Waals surface area contributed by atoms with Crippen molar-refractivity contribution in [2.75, 3.05) is 26.3 Å². The minimum Gasteiger partial charge on any atom is -0.394 e. The van der Waals surface area contributed by atoms with Gasteiger partial charge in [-0.15, -0.1) is 0 Å². The molecule has 0 bridgehead atoms. The molecule has 2 unspecified atom stereocenters. The van der Waals surface area contributed by atoms with Crippen molar-refractivity contribution in [1.29, 1.82) is 0 Å². The van der Waals surface area contributed by atoms with E-state index in [1.54, 1.807) is 0 Å². The van der Waals surface area contributed by atoms with Gasteiger partial charge in [0.2, 0.25) is 5.91 Å². The number of hydrogen-bond acceptors (Lipinski definition) is 4. The number of aliphatic hydroxyl groups is 1. The van der Waals surface area contributed by atoms with Crippen LogP contribution in [0.2, 0.25) is 0 Å². The van der Waals surface area contributed by atoms with Gasteiger partial charge < -0.3 is 15.2 Å². The third-order valence-electron chi connectivity index (χ3n) is 2.70. The lowest BCUT2D eigenvalue weighted by Crippen LogP contribution is -2.54. The van der Waals surface area contributed by atoms with Gasteiger partial charge in [-0.1, -0.05) is 0 Å². The van der Waals surface area contributed by atoms with E-state index in [4.69, 9.17) is 9.84 Å². The lowest BCUT2D eigenvalue weighted by molar-refractivity contribution is -0.128. The number of hydrogen-bond donors (Lipinski definition) is 2. The topological polar surface area (TPSA) is 61.8 Å². The zero-order chi connectivity index (χ0) is 13.1. The molecule has 1 saturated heterocycles. The molecule has 0 spiro atoms. The van der Waals surface area contributed by atoms with Gasteiger partial charge in [0.05, 0.1) is 25.9 Å². The van der Waals surface area contributed by atoms with Crippen LogP contribution >= 0.6 is 0 Å². The monoisotopic (exact) mass is 244 g/mol. The molecule has 5 nitrogen and oxygen atoms in total. The van der Waals surface area contributed by atoms with E-state index in [1.807, 2.05) is 32.6 Å². The van der Waals surface area contributed by atoms with E-state index in [2.05, 4.69) is 5.32 Å². The van der Waals surface area contributed by atoms with E-state index < -0.39 is 0 Å². The molecule has 1 rings (SSSR count). The molecule has 2 atom stereocenters. The average molecular weight is 244 g/mol. The summed E-state index contributed by atoms with van der Waals surface area (Å²) in [6, 6.07) is 0.212. The van der Waals surface area contributed by atoms with Gasteiger partial charge in [-0.25, -0.2) is 0 Å². The summed E-state index contributed by atoms with van der Waals surface area (Å²) in [5, 5.41) is 12.0. The number of aliphatic hydroxyl groups excluding tert-OH is 1. The highest BCUT2D eigenvalue weighted by molar-refractivity contribution is 5.78. The molecule has 2 N–H and O–H groups in total. The molecule has 0 radical (unpaired) electrons. The number of carbonyl (C=O) groups is 1. The predicted octanol–water partition coefficient (Wildman–Crippen LogP) is -0.0173. The minimum atomic E-state index is -0.205. The molecule has 0 saturated carbocycles. The van der Waals surface area contributed by atoms with E-state index in [0.717, 1.165) is 0 Å². The molecule has 1 amide bonds. The van der Waals surface area contributed by atoms with Crippen LogP contribution in [0.4, 0.5) is 0 Å². The van der Waals surface area contributed by atoms with Gasteiger partial charge in [0.15, 0.2) is 0 Å². The highest BCUT2D eigenvalue weighted by Gasteiger charge is 2.27. The summed E-state index contributed by atoms with van der Waals surface area (Å²) < 4.78 is 5.43. The van der Waals surface area contributed by atoms with Gasteiger partial charge in [0.1, 0.15) is 0 Å². The predicted molar refractivity (Wildman–Crippen MR) is 65.8 cm³/mol. The fraction of sp³-hybridized carbons (Fsp3) is 0.917. The van der Waals surface area contributed by atoms with Gasteiger partial charge in [0, 0.05) is 18.1 Å². The van der Waals surface area contributed by atoms with Gasteiger partial charge in [-0.05, 0) is 27.7 Å². The Morgan fingerprint density at radius 3 is 2.71 bits per heavy atom. The molecular formula is C12H24N2O3. The Morgan fingerprint density at radius 2 is 2.18 bits per heavy atom. The standard InChI is InChI=1S/C12H24N2O3/c1-9-8-17-10(7-15)5-14(9)6-11(16)13-12(2,3)4/h9-10,15H,5-8H2,1-4H3,(H,13,16). The normalized spacial score (nSPS) is 26.9. The second-order valence-electron chi connectivity index (χ2n) is 5.71. The molecule has 5 heteroatoms. The first-order valence-corrected chi connectivity index (χ1v) is 6.09. The van der Waals surface area contributed by atoms with E-state index in [0.29, 0.717) is 19.7 Å². The van der Waals surface area contributed by atoms with Crippen molar-refractivity contribution in [1.82, 2.24) is 10.2 Å². The van der Waals surface area contributed by atoms with Gasteiger partial charge in [-0.3, -0.25) is 9.69 Å². The number of amides is 1. The summed E-state index contributed by atoms with van der Waals surface area (Å²) in [4.78, 5) is 13.9. The summed E-state index contributed by atoms with van der Waals surface area (Å²) in [5.41, 5.74) is -0.205. The Bertz CT molecular complexity index is 263. The first kappa shape index (κ1) is 14.4. The summed E-state index contributed by atoms with van der Waals surface area (Å²) in [6.45, 7) is 9.45. The van der Waals surface area contributed by atoms with Crippen molar-refractivity contribution in [3.63, 3.8) is 0 Å². The third kappa shape index (κ3) is 5.02.